The summed E-state index contributed by atoms with van der Waals surface area (Å²) in [5, 5.41) is 2.86. The Kier molecular flexibility index (Phi) is 4.24. The molecule has 0 aliphatic carbocycles. The van der Waals surface area contributed by atoms with E-state index in [1.54, 1.807) is 0 Å². The topological polar surface area (TPSA) is 55.1 Å². The molecule has 0 heterocycles. The van der Waals surface area contributed by atoms with Crippen molar-refractivity contribution in [1.29, 1.82) is 0 Å². The van der Waals surface area contributed by atoms with E-state index >= 15 is 0 Å². The van der Waals surface area contributed by atoms with Crippen LogP contribution in [0.2, 0.25) is 0 Å². The van der Waals surface area contributed by atoms with E-state index in [-0.39, 0.29) is 17.4 Å². The van der Waals surface area contributed by atoms with Crippen molar-refractivity contribution in [3.63, 3.8) is 0 Å². The lowest BCUT2D eigenvalue weighted by Crippen LogP contribution is -2.44. The normalized spacial score (nSPS) is 14.1. The second-order valence-corrected chi connectivity index (χ2v) is 3.85. The Balaban J connectivity index is 4.03. The van der Waals surface area contributed by atoms with Crippen LogP contribution in [0.15, 0.2) is 0 Å². The first-order chi connectivity index (χ1) is 5.44. The minimum Gasteiger partial charge on any atom is -0.352 e. The molecule has 0 aromatic carbocycles. The highest BCUT2D eigenvalue weighted by Gasteiger charge is 2.25. The molecule has 1 atom stereocenters. The van der Waals surface area contributed by atoms with Crippen LogP contribution in [0.4, 0.5) is 0 Å². The number of rotatable bonds is 4. The zero-order chi connectivity index (χ0) is 9.78. The largest absolute Gasteiger partial charge is 0.352 e. The van der Waals surface area contributed by atoms with Crippen molar-refractivity contribution in [3.05, 3.63) is 0 Å². The summed E-state index contributed by atoms with van der Waals surface area (Å²) < 4.78 is 0. The molecule has 12 heavy (non-hydrogen) atoms. The Hall–Kier alpha value is -0.570. The molecule has 0 aromatic rings. The molecule has 0 radical (unpaired) electrons. The summed E-state index contributed by atoms with van der Waals surface area (Å²) in [6.45, 7) is 8.28. The third-order valence-electron chi connectivity index (χ3n) is 2.23. The molecular weight excluding hydrogens is 152 g/mol. The highest BCUT2D eigenvalue weighted by Crippen LogP contribution is 2.19. The summed E-state index contributed by atoms with van der Waals surface area (Å²) in [6, 6.07) is 0.0725. The molecule has 3 nitrogen and oxygen atoms in total. The van der Waals surface area contributed by atoms with Crippen molar-refractivity contribution in [2.75, 3.05) is 6.54 Å². The highest BCUT2D eigenvalue weighted by molar-refractivity contribution is 5.81. The second-order valence-electron chi connectivity index (χ2n) is 3.85. The molecular formula is C9H20N2O. The minimum atomic E-state index is -0.274. The number of hydrogen-bond acceptors (Lipinski definition) is 2. The van der Waals surface area contributed by atoms with E-state index < -0.39 is 0 Å². The van der Waals surface area contributed by atoms with Gasteiger partial charge in [0.15, 0.2) is 0 Å². The fourth-order valence-electron chi connectivity index (χ4n) is 0.639. The van der Waals surface area contributed by atoms with E-state index in [9.17, 15) is 4.79 Å². The summed E-state index contributed by atoms with van der Waals surface area (Å²) in [5.74, 6) is 0.0861. The zero-order valence-electron chi connectivity index (χ0n) is 8.48. The average molecular weight is 172 g/mol. The molecule has 3 N–H and O–H groups in total. The molecule has 0 spiro atoms. The standard InChI is InChI=1S/C9H20N2O/c1-5-9(3,4)8(12)11-7(2)6-10/h7H,5-6,10H2,1-4H3,(H,11,12)/t7-/m1/s1. The number of nitrogens with two attached hydrogens (primary N) is 1. The van der Waals surface area contributed by atoms with Gasteiger partial charge in [-0.05, 0) is 13.3 Å². The van der Waals surface area contributed by atoms with Crippen LogP contribution in [0.1, 0.15) is 34.1 Å². The van der Waals surface area contributed by atoms with Crippen molar-refractivity contribution in [2.45, 2.75) is 40.2 Å². The zero-order valence-corrected chi connectivity index (χ0v) is 8.48. The molecule has 0 bridgehead atoms. The summed E-state index contributed by atoms with van der Waals surface area (Å²) >= 11 is 0. The van der Waals surface area contributed by atoms with E-state index in [0.717, 1.165) is 6.42 Å². The summed E-state index contributed by atoms with van der Waals surface area (Å²) in [7, 11) is 0. The molecule has 0 saturated carbocycles. The quantitative estimate of drug-likeness (QED) is 0.661. The van der Waals surface area contributed by atoms with Gasteiger partial charge in [-0.15, -0.1) is 0 Å². The van der Waals surface area contributed by atoms with Crippen molar-refractivity contribution < 1.29 is 4.79 Å². The number of hydrogen-bond donors (Lipinski definition) is 2. The number of carbonyl (C=O) groups excluding carboxylic acids is 1. The predicted octanol–water partition coefficient (Wildman–Crippen LogP) is 0.886. The Morgan fingerprint density at radius 3 is 2.42 bits per heavy atom. The number of carbonyl (C=O) groups is 1. The van der Waals surface area contributed by atoms with Crippen LogP contribution in [0, 0.1) is 5.41 Å². The van der Waals surface area contributed by atoms with Crippen molar-refractivity contribution >= 4 is 5.91 Å². The third-order valence-corrected chi connectivity index (χ3v) is 2.23. The van der Waals surface area contributed by atoms with Gasteiger partial charge in [0.2, 0.25) is 5.91 Å². The van der Waals surface area contributed by atoms with E-state index in [1.807, 2.05) is 27.7 Å². The van der Waals surface area contributed by atoms with Crippen LogP contribution in [0.25, 0.3) is 0 Å². The van der Waals surface area contributed by atoms with Crippen LogP contribution in [0.5, 0.6) is 0 Å². The molecule has 72 valence electrons. The van der Waals surface area contributed by atoms with E-state index in [2.05, 4.69) is 5.32 Å². The molecule has 0 aliphatic heterocycles. The smallest absolute Gasteiger partial charge is 0.225 e. The summed E-state index contributed by atoms with van der Waals surface area (Å²) in [4.78, 5) is 11.5. The monoisotopic (exact) mass is 172 g/mol. The van der Waals surface area contributed by atoms with Gasteiger partial charge in [-0.2, -0.15) is 0 Å². The lowest BCUT2D eigenvalue weighted by molar-refractivity contribution is -0.130. The van der Waals surface area contributed by atoms with Crippen LogP contribution in [-0.4, -0.2) is 18.5 Å². The first-order valence-corrected chi connectivity index (χ1v) is 4.45. The summed E-state index contributed by atoms with van der Waals surface area (Å²) in [5.41, 5.74) is 5.12. The van der Waals surface area contributed by atoms with Crippen LogP contribution in [-0.2, 0) is 4.79 Å². The third kappa shape index (κ3) is 3.22. The maximum atomic E-state index is 11.5. The van der Waals surface area contributed by atoms with Gasteiger partial charge in [0.25, 0.3) is 0 Å². The van der Waals surface area contributed by atoms with Crippen molar-refractivity contribution in [2.24, 2.45) is 11.1 Å². The van der Waals surface area contributed by atoms with E-state index in [1.165, 1.54) is 0 Å². The Bertz CT molecular complexity index is 155. The van der Waals surface area contributed by atoms with Gasteiger partial charge in [-0.3, -0.25) is 4.79 Å². The lowest BCUT2D eigenvalue weighted by Gasteiger charge is -2.23. The van der Waals surface area contributed by atoms with Gasteiger partial charge < -0.3 is 11.1 Å². The SMILES string of the molecule is CCC(C)(C)C(=O)N[C@H](C)CN. The summed E-state index contributed by atoms with van der Waals surface area (Å²) in [6.07, 6.45) is 0.843. The fraction of sp³-hybridized carbons (Fsp3) is 0.889. The number of nitrogens with one attached hydrogen (secondary N) is 1. The average Bonchev–Trinajstić information content (AvgIpc) is 2.04. The molecule has 0 rings (SSSR count). The maximum Gasteiger partial charge on any atom is 0.225 e. The van der Waals surface area contributed by atoms with Gasteiger partial charge in [0, 0.05) is 18.0 Å². The molecule has 0 aromatic heterocycles. The second kappa shape index (κ2) is 4.45. The van der Waals surface area contributed by atoms with Crippen molar-refractivity contribution in [3.8, 4) is 0 Å². The van der Waals surface area contributed by atoms with Crippen molar-refractivity contribution in [1.82, 2.24) is 5.32 Å². The van der Waals surface area contributed by atoms with Gasteiger partial charge >= 0.3 is 0 Å². The first-order valence-electron chi connectivity index (χ1n) is 4.45. The molecule has 0 saturated heterocycles. The maximum absolute atomic E-state index is 11.5. The Morgan fingerprint density at radius 1 is 1.58 bits per heavy atom. The molecule has 0 unspecified atom stereocenters. The highest BCUT2D eigenvalue weighted by atomic mass is 16.2. The van der Waals surface area contributed by atoms with E-state index in [4.69, 9.17) is 5.73 Å². The van der Waals surface area contributed by atoms with Crippen LogP contribution in [0.3, 0.4) is 0 Å². The minimum absolute atomic E-state index is 0.0725. The Morgan fingerprint density at radius 2 is 2.08 bits per heavy atom. The van der Waals surface area contributed by atoms with Crippen LogP contribution >= 0.6 is 0 Å². The number of amides is 1. The van der Waals surface area contributed by atoms with Gasteiger partial charge in [0.05, 0.1) is 0 Å². The molecule has 0 aliphatic rings. The fourth-order valence-corrected chi connectivity index (χ4v) is 0.639. The molecule has 3 heteroatoms. The van der Waals surface area contributed by atoms with Crippen LogP contribution < -0.4 is 11.1 Å². The molecule has 1 amide bonds. The lowest BCUT2D eigenvalue weighted by atomic mass is 9.89. The van der Waals surface area contributed by atoms with Gasteiger partial charge in [-0.25, -0.2) is 0 Å². The Labute approximate surface area is 74.7 Å². The predicted molar refractivity (Wildman–Crippen MR) is 50.7 cm³/mol. The first kappa shape index (κ1) is 11.4. The van der Waals surface area contributed by atoms with Gasteiger partial charge in [0.1, 0.15) is 0 Å². The molecule has 0 fully saturated rings. The van der Waals surface area contributed by atoms with Gasteiger partial charge in [-0.1, -0.05) is 20.8 Å². The van der Waals surface area contributed by atoms with E-state index in [0.29, 0.717) is 6.54 Å².